The van der Waals surface area contributed by atoms with Gasteiger partial charge in [-0.05, 0) is 39.9 Å². The molecule has 3 aromatic carbocycles. The van der Waals surface area contributed by atoms with Crippen molar-refractivity contribution in [3.8, 4) is 17.2 Å². The Bertz CT molecular complexity index is 1500. The highest BCUT2D eigenvalue weighted by molar-refractivity contribution is 5.81. The van der Waals surface area contributed by atoms with Crippen LogP contribution in [0.25, 0.3) is 23.3 Å². The van der Waals surface area contributed by atoms with Gasteiger partial charge in [-0.25, -0.2) is 0 Å². The van der Waals surface area contributed by atoms with Crippen molar-refractivity contribution in [1.82, 2.24) is 4.90 Å². The first-order valence-electron chi connectivity index (χ1n) is 13.6. The van der Waals surface area contributed by atoms with Crippen LogP contribution in [-0.2, 0) is 33.6 Å². The van der Waals surface area contributed by atoms with E-state index >= 15 is 0 Å². The van der Waals surface area contributed by atoms with Crippen LogP contribution in [0.15, 0.2) is 60.7 Å². The number of morpholine rings is 1. The van der Waals surface area contributed by atoms with Crippen molar-refractivity contribution in [3.63, 3.8) is 0 Å². The number of hydrogen-bond donors (Lipinski definition) is 1. The summed E-state index contributed by atoms with van der Waals surface area (Å²) in [6.45, 7) is -0.493. The van der Waals surface area contributed by atoms with Crippen molar-refractivity contribution in [2.24, 2.45) is 0 Å². The molecule has 39 heavy (non-hydrogen) atoms. The fourth-order valence-corrected chi connectivity index (χ4v) is 4.60. The van der Waals surface area contributed by atoms with E-state index in [9.17, 15) is 28.3 Å². The first kappa shape index (κ1) is 24.1. The van der Waals surface area contributed by atoms with Gasteiger partial charge >= 0.3 is 12.1 Å². The topological polar surface area (TPSA) is 82.8 Å². The smallest absolute Gasteiger partial charge is 0.416 e. The van der Waals surface area contributed by atoms with Gasteiger partial charge in [0.2, 0.25) is 0 Å². The Kier molecular flexibility index (Phi) is 7.57. The normalized spacial score (nSPS) is 17.8. The molecule has 0 amide bonds. The van der Waals surface area contributed by atoms with Crippen LogP contribution < -0.4 is 0 Å². The molecular formula is C30H27F3N2O4. The van der Waals surface area contributed by atoms with E-state index < -0.39 is 37.4 Å². The lowest BCUT2D eigenvalue weighted by Crippen LogP contribution is -2.49. The summed E-state index contributed by atoms with van der Waals surface area (Å²) in [4.78, 5) is 13.2. The molecule has 0 radical (unpaired) electrons. The third kappa shape index (κ3) is 6.55. The molecule has 0 spiro atoms. The number of rotatable bonds is 8. The van der Waals surface area contributed by atoms with Gasteiger partial charge in [-0.1, -0.05) is 60.7 Å². The number of methoxy groups -OCH3 is 1. The average Bonchev–Trinajstić information content (AvgIpc) is 2.95. The minimum atomic E-state index is -4.79. The number of hydrogen-bond acceptors (Lipinski definition) is 5. The Hall–Kier alpha value is -3.97. The molecule has 1 fully saturated rings. The summed E-state index contributed by atoms with van der Waals surface area (Å²) in [6, 6.07) is 17.3. The maximum atomic E-state index is 14.3. The van der Waals surface area contributed by atoms with Gasteiger partial charge in [-0.15, -0.1) is 0 Å². The number of carbonyl (C=O) groups is 1. The quantitative estimate of drug-likeness (QED) is 0.362. The Morgan fingerprint density at radius 3 is 2.64 bits per heavy atom. The summed E-state index contributed by atoms with van der Waals surface area (Å²) in [5, 5.41) is 19.5. The predicted octanol–water partition coefficient (Wildman–Crippen LogP) is 5.85. The lowest BCUT2D eigenvalue weighted by Gasteiger charge is -2.33. The fourth-order valence-electron chi connectivity index (χ4n) is 4.60. The summed E-state index contributed by atoms with van der Waals surface area (Å²) in [5.74, 6) is -1.18. The summed E-state index contributed by atoms with van der Waals surface area (Å²) >= 11 is 0. The third-order valence-electron chi connectivity index (χ3n) is 6.54. The van der Waals surface area contributed by atoms with E-state index in [1.54, 1.807) is 18.2 Å². The number of alkyl halides is 3. The standard InChI is InChI=1S/C30H27F3N2O4/c1-38-18-24-14-22(11-10-21-8-5-9-25(26(21)16-34)20-6-3-2-4-7-20)27(30(31,32)33)15-23(24)17-35-12-13-39-19-28(35)29(36)37/h2-11,14-15,28H,12-13,17-19H2,1H3,(H,36,37)/b11-10+/t28-/m0/s1/i1D3. The van der Waals surface area contributed by atoms with E-state index in [0.717, 1.165) is 11.6 Å². The van der Waals surface area contributed by atoms with Gasteiger partial charge < -0.3 is 14.6 Å². The second-order valence-electron chi connectivity index (χ2n) is 8.97. The van der Waals surface area contributed by atoms with Gasteiger partial charge in [0, 0.05) is 25.7 Å². The zero-order valence-electron chi connectivity index (χ0n) is 23.7. The van der Waals surface area contributed by atoms with Crippen LogP contribution in [0.2, 0.25) is 0 Å². The van der Waals surface area contributed by atoms with E-state index in [-0.39, 0.29) is 48.6 Å². The Morgan fingerprint density at radius 2 is 1.95 bits per heavy atom. The molecule has 4 rings (SSSR count). The van der Waals surface area contributed by atoms with E-state index in [1.807, 2.05) is 30.3 Å². The molecule has 1 aliphatic heterocycles. The van der Waals surface area contributed by atoms with Crippen LogP contribution in [0.4, 0.5) is 13.2 Å². The van der Waals surface area contributed by atoms with Crippen LogP contribution in [-0.4, -0.2) is 48.8 Å². The lowest BCUT2D eigenvalue weighted by atomic mass is 9.94. The van der Waals surface area contributed by atoms with Crippen LogP contribution in [0.1, 0.15) is 37.5 Å². The van der Waals surface area contributed by atoms with Gasteiger partial charge in [-0.2, -0.15) is 18.4 Å². The number of carboxylic acids is 1. The highest BCUT2D eigenvalue weighted by atomic mass is 19.4. The highest BCUT2D eigenvalue weighted by Gasteiger charge is 2.35. The van der Waals surface area contributed by atoms with Gasteiger partial charge in [-0.3, -0.25) is 9.69 Å². The number of aliphatic carboxylic acids is 1. The first-order chi connectivity index (χ1) is 19.9. The van der Waals surface area contributed by atoms with Crippen LogP contribution in [0.3, 0.4) is 0 Å². The monoisotopic (exact) mass is 539 g/mol. The molecule has 1 atom stereocenters. The lowest BCUT2D eigenvalue weighted by molar-refractivity contribution is -0.150. The van der Waals surface area contributed by atoms with Crippen molar-refractivity contribution < 1.29 is 36.7 Å². The largest absolute Gasteiger partial charge is 0.480 e. The Balaban J connectivity index is 1.79. The molecule has 3 aromatic rings. The molecule has 0 unspecified atom stereocenters. The molecule has 0 bridgehead atoms. The summed E-state index contributed by atoms with van der Waals surface area (Å²) < 4.78 is 75.4. The number of halogens is 3. The first-order valence-corrected chi connectivity index (χ1v) is 12.1. The molecule has 6 nitrogen and oxygen atoms in total. The van der Waals surface area contributed by atoms with Crippen LogP contribution in [0, 0.1) is 11.3 Å². The van der Waals surface area contributed by atoms with Gasteiger partial charge in [0.05, 0.1) is 35.1 Å². The van der Waals surface area contributed by atoms with Crippen LogP contribution >= 0.6 is 0 Å². The minimum Gasteiger partial charge on any atom is -0.480 e. The third-order valence-corrected chi connectivity index (χ3v) is 6.54. The Morgan fingerprint density at radius 1 is 1.18 bits per heavy atom. The molecule has 1 N–H and O–H groups in total. The second-order valence-corrected chi connectivity index (χ2v) is 8.97. The minimum absolute atomic E-state index is 0.0839. The number of nitrogens with zero attached hydrogens (tertiary/aromatic N) is 2. The molecule has 0 aromatic heterocycles. The number of nitriles is 1. The van der Waals surface area contributed by atoms with Gasteiger partial charge in [0.25, 0.3) is 0 Å². The summed E-state index contributed by atoms with van der Waals surface area (Å²) in [7, 11) is -2.81. The van der Waals surface area contributed by atoms with Crippen molar-refractivity contribution in [3.05, 3.63) is 94.0 Å². The zero-order chi connectivity index (χ0) is 30.5. The summed E-state index contributed by atoms with van der Waals surface area (Å²) in [6.07, 6.45) is -2.16. The summed E-state index contributed by atoms with van der Waals surface area (Å²) in [5.41, 5.74) is 1.06. The van der Waals surface area contributed by atoms with Crippen molar-refractivity contribution in [2.75, 3.05) is 26.8 Å². The van der Waals surface area contributed by atoms with Crippen molar-refractivity contribution >= 4 is 18.1 Å². The highest BCUT2D eigenvalue weighted by Crippen LogP contribution is 2.36. The average molecular weight is 540 g/mol. The van der Waals surface area contributed by atoms with E-state index in [1.165, 1.54) is 23.1 Å². The zero-order valence-corrected chi connectivity index (χ0v) is 20.7. The molecule has 9 heteroatoms. The molecule has 0 saturated carbocycles. The van der Waals surface area contributed by atoms with E-state index in [0.29, 0.717) is 11.1 Å². The fraction of sp³-hybridized carbons (Fsp3) is 0.267. The van der Waals surface area contributed by atoms with Gasteiger partial charge in [0.15, 0.2) is 0 Å². The molecular weight excluding hydrogens is 509 g/mol. The predicted molar refractivity (Wildman–Crippen MR) is 140 cm³/mol. The maximum absolute atomic E-state index is 14.3. The molecule has 1 saturated heterocycles. The maximum Gasteiger partial charge on any atom is 0.416 e. The second kappa shape index (κ2) is 12.3. The number of carboxylic acid groups (broad SMARTS) is 1. The van der Waals surface area contributed by atoms with Crippen molar-refractivity contribution in [1.29, 1.82) is 5.26 Å². The number of ether oxygens (including phenoxy) is 2. The molecule has 1 heterocycles. The van der Waals surface area contributed by atoms with Crippen LogP contribution in [0.5, 0.6) is 0 Å². The van der Waals surface area contributed by atoms with E-state index in [2.05, 4.69) is 6.07 Å². The SMILES string of the molecule is [2H]C([2H])([2H])OCc1cc(/C=C/c2cccc(-c3ccccc3)c2C#N)c(C(F)(F)F)cc1CN1CCOC[C@H]1C(=O)O. The van der Waals surface area contributed by atoms with Gasteiger partial charge in [0.1, 0.15) is 12.1 Å². The molecule has 0 aliphatic carbocycles. The molecule has 202 valence electrons. The molecule has 1 aliphatic rings. The van der Waals surface area contributed by atoms with Crippen molar-refractivity contribution in [2.45, 2.75) is 25.4 Å². The van der Waals surface area contributed by atoms with E-state index in [4.69, 9.17) is 13.6 Å². The number of benzene rings is 3. The Labute approximate surface area is 228 Å².